The Balaban J connectivity index is 0.00000338. The molecule has 6 nitrogen and oxygen atoms in total. The largest absolute Gasteiger partial charge is 0.355 e. The fraction of sp³-hybridized carbons (Fsp3) is 0.688. The van der Waals surface area contributed by atoms with E-state index < -0.39 is 10.0 Å². The number of guanidine groups is 1. The molecule has 1 unspecified atom stereocenters. The molecule has 1 saturated heterocycles. The van der Waals surface area contributed by atoms with Gasteiger partial charge in [0.15, 0.2) is 5.96 Å². The highest BCUT2D eigenvalue weighted by Gasteiger charge is 2.24. The highest BCUT2D eigenvalue weighted by atomic mass is 127. The summed E-state index contributed by atoms with van der Waals surface area (Å²) < 4.78 is 27.4. The van der Waals surface area contributed by atoms with Gasteiger partial charge < -0.3 is 10.2 Å². The van der Waals surface area contributed by atoms with Crippen molar-refractivity contribution in [2.24, 2.45) is 10.9 Å². The van der Waals surface area contributed by atoms with Gasteiger partial charge in [-0.05, 0) is 25.0 Å². The molecule has 0 aliphatic carbocycles. The second kappa shape index (κ2) is 11.1. The van der Waals surface area contributed by atoms with Gasteiger partial charge in [0.2, 0.25) is 10.0 Å². The van der Waals surface area contributed by atoms with E-state index in [1.165, 1.54) is 11.3 Å². The molecule has 1 atom stereocenters. The molecule has 1 aliphatic heterocycles. The van der Waals surface area contributed by atoms with E-state index in [4.69, 9.17) is 0 Å². The van der Waals surface area contributed by atoms with Crippen LogP contribution < -0.4 is 10.0 Å². The van der Waals surface area contributed by atoms with Crippen LogP contribution in [0.5, 0.6) is 0 Å². The second-order valence-corrected chi connectivity index (χ2v) is 11.0. The van der Waals surface area contributed by atoms with Crippen LogP contribution in [0.3, 0.4) is 0 Å². The lowest BCUT2D eigenvalue weighted by Crippen LogP contribution is -2.50. The Hall–Kier alpha value is -0.0400. The minimum Gasteiger partial charge on any atom is -0.355 e. The van der Waals surface area contributed by atoms with Crippen molar-refractivity contribution in [1.82, 2.24) is 14.9 Å². The SMILES string of the molecule is CN=C(NCCNS(=O)(=O)c1ccc(C)s1)N1CCSC(C(C)C)C1.I. The van der Waals surface area contributed by atoms with Crippen molar-refractivity contribution in [3.05, 3.63) is 17.0 Å². The van der Waals surface area contributed by atoms with E-state index in [-0.39, 0.29) is 24.0 Å². The predicted molar refractivity (Wildman–Crippen MR) is 124 cm³/mol. The molecule has 0 saturated carbocycles. The van der Waals surface area contributed by atoms with Gasteiger partial charge in [0.1, 0.15) is 4.21 Å². The number of nitrogens with zero attached hydrogens (tertiary/aromatic N) is 2. The summed E-state index contributed by atoms with van der Waals surface area (Å²) >= 11 is 3.30. The van der Waals surface area contributed by atoms with E-state index in [2.05, 4.69) is 33.8 Å². The topological polar surface area (TPSA) is 73.8 Å². The van der Waals surface area contributed by atoms with Gasteiger partial charge in [-0.2, -0.15) is 11.8 Å². The molecule has 1 fully saturated rings. The van der Waals surface area contributed by atoms with E-state index in [1.807, 2.05) is 24.8 Å². The zero-order valence-corrected chi connectivity index (χ0v) is 20.5. The number of aryl methyl sites for hydroxylation is 1. The Morgan fingerprint density at radius 2 is 2.12 bits per heavy atom. The lowest BCUT2D eigenvalue weighted by molar-refractivity contribution is 0.381. The summed E-state index contributed by atoms with van der Waals surface area (Å²) in [5, 5.41) is 3.88. The zero-order valence-electron chi connectivity index (χ0n) is 15.7. The Morgan fingerprint density at radius 1 is 1.38 bits per heavy atom. The number of thioether (sulfide) groups is 1. The molecular weight excluding hydrogens is 503 g/mol. The Kier molecular flexibility index (Phi) is 10.2. The molecule has 2 N–H and O–H groups in total. The van der Waals surface area contributed by atoms with Crippen molar-refractivity contribution >= 4 is 63.1 Å². The van der Waals surface area contributed by atoms with Crippen molar-refractivity contribution in [2.45, 2.75) is 30.2 Å². The van der Waals surface area contributed by atoms with Crippen LogP contribution in [-0.2, 0) is 10.0 Å². The van der Waals surface area contributed by atoms with Gasteiger partial charge in [0, 0.05) is 49.1 Å². The lowest BCUT2D eigenvalue weighted by Gasteiger charge is -2.36. The third-order valence-corrected chi connectivity index (χ3v) is 8.52. The van der Waals surface area contributed by atoms with Gasteiger partial charge in [-0.1, -0.05) is 13.8 Å². The van der Waals surface area contributed by atoms with Gasteiger partial charge in [0.25, 0.3) is 0 Å². The molecule has 2 rings (SSSR count). The molecule has 2 heterocycles. The fourth-order valence-electron chi connectivity index (χ4n) is 2.59. The van der Waals surface area contributed by atoms with E-state index in [0.717, 1.165) is 29.7 Å². The van der Waals surface area contributed by atoms with Crippen LogP contribution in [0.25, 0.3) is 0 Å². The molecule has 0 radical (unpaired) electrons. The first-order valence-corrected chi connectivity index (χ1v) is 11.8. The predicted octanol–water partition coefficient (Wildman–Crippen LogP) is 2.60. The monoisotopic (exact) mass is 532 g/mol. The van der Waals surface area contributed by atoms with Gasteiger partial charge in [0.05, 0.1) is 0 Å². The number of rotatable bonds is 6. The van der Waals surface area contributed by atoms with E-state index in [1.54, 1.807) is 13.1 Å². The number of hydrogen-bond donors (Lipinski definition) is 2. The van der Waals surface area contributed by atoms with Crippen molar-refractivity contribution in [1.29, 1.82) is 0 Å². The van der Waals surface area contributed by atoms with Crippen LogP contribution in [0.4, 0.5) is 0 Å². The Morgan fingerprint density at radius 3 is 2.69 bits per heavy atom. The first-order valence-electron chi connectivity index (χ1n) is 8.47. The maximum Gasteiger partial charge on any atom is 0.250 e. The molecule has 26 heavy (non-hydrogen) atoms. The van der Waals surface area contributed by atoms with Gasteiger partial charge in [-0.15, -0.1) is 35.3 Å². The smallest absolute Gasteiger partial charge is 0.250 e. The third kappa shape index (κ3) is 6.84. The summed E-state index contributed by atoms with van der Waals surface area (Å²) in [6.07, 6.45) is 0. The molecule has 1 aromatic heterocycles. The summed E-state index contributed by atoms with van der Waals surface area (Å²) in [6, 6.07) is 3.46. The fourth-order valence-corrected chi connectivity index (χ4v) is 6.25. The van der Waals surface area contributed by atoms with Crippen LogP contribution in [0.15, 0.2) is 21.3 Å². The normalized spacial score (nSPS) is 18.7. The number of sulfonamides is 1. The summed E-state index contributed by atoms with van der Waals surface area (Å²) in [5.41, 5.74) is 0. The molecule has 150 valence electrons. The molecule has 0 amide bonds. The summed E-state index contributed by atoms with van der Waals surface area (Å²) in [6.45, 7) is 9.17. The quantitative estimate of drug-likeness (QED) is 0.255. The molecule has 1 aromatic rings. The average Bonchev–Trinajstić information content (AvgIpc) is 3.02. The maximum atomic E-state index is 12.2. The molecule has 1 aliphatic rings. The molecule has 0 spiro atoms. The minimum atomic E-state index is -3.42. The number of halogens is 1. The number of hydrogen-bond acceptors (Lipinski definition) is 5. The van der Waals surface area contributed by atoms with E-state index in [9.17, 15) is 8.42 Å². The molecular formula is C16H29IN4O2S3. The first-order chi connectivity index (χ1) is 11.8. The summed E-state index contributed by atoms with van der Waals surface area (Å²) in [7, 11) is -1.65. The molecule has 0 bridgehead atoms. The molecule has 10 heteroatoms. The van der Waals surface area contributed by atoms with Gasteiger partial charge in [-0.3, -0.25) is 4.99 Å². The third-order valence-electron chi connectivity index (χ3n) is 4.03. The van der Waals surface area contributed by atoms with Gasteiger partial charge in [-0.25, -0.2) is 13.1 Å². The van der Waals surface area contributed by atoms with E-state index >= 15 is 0 Å². The van der Waals surface area contributed by atoms with Gasteiger partial charge >= 0.3 is 0 Å². The number of nitrogens with one attached hydrogen (secondary N) is 2. The second-order valence-electron chi connectivity index (χ2n) is 6.34. The standard InChI is InChI=1S/C16H28N4O2S3.HI/c1-12(2)14-11-20(9-10-23-14)16(17-4)18-7-8-19-25(21,22)15-6-5-13(3)24-15;/h5-6,12,14,19H,7-11H2,1-4H3,(H,17,18);1H. The first kappa shape index (κ1) is 24.0. The zero-order chi connectivity index (χ0) is 18.4. The molecule has 0 aromatic carbocycles. The van der Waals surface area contributed by atoms with Crippen LogP contribution in [-0.4, -0.2) is 63.5 Å². The van der Waals surface area contributed by atoms with Crippen molar-refractivity contribution in [3.63, 3.8) is 0 Å². The number of aliphatic imine (C=N–C) groups is 1. The Labute approximate surface area is 182 Å². The van der Waals surface area contributed by atoms with Crippen LogP contribution in [0.2, 0.25) is 0 Å². The van der Waals surface area contributed by atoms with E-state index in [0.29, 0.717) is 28.5 Å². The summed E-state index contributed by atoms with van der Waals surface area (Å²) in [5.74, 6) is 2.57. The van der Waals surface area contributed by atoms with Crippen LogP contribution in [0.1, 0.15) is 18.7 Å². The lowest BCUT2D eigenvalue weighted by atomic mass is 10.1. The highest BCUT2D eigenvalue weighted by Crippen LogP contribution is 2.24. The van der Waals surface area contributed by atoms with Crippen molar-refractivity contribution < 1.29 is 8.42 Å². The van der Waals surface area contributed by atoms with Crippen LogP contribution in [0, 0.1) is 12.8 Å². The Bertz CT molecular complexity index is 691. The number of thiophene rings is 1. The summed E-state index contributed by atoms with van der Waals surface area (Å²) in [4.78, 5) is 7.60. The maximum absolute atomic E-state index is 12.2. The van der Waals surface area contributed by atoms with Crippen molar-refractivity contribution in [3.8, 4) is 0 Å². The van der Waals surface area contributed by atoms with Crippen LogP contribution >= 0.6 is 47.1 Å². The van der Waals surface area contributed by atoms with Crippen molar-refractivity contribution in [2.75, 3.05) is 39.0 Å². The highest BCUT2D eigenvalue weighted by molar-refractivity contribution is 14.0. The minimum absolute atomic E-state index is 0. The average molecular weight is 533 g/mol.